The standard InChI is InChI=1S/C8H16B2O2/c1-7(2,12-10)5-6-11-8(3,4)9/h5-6H2,1-4H3. The summed E-state index contributed by atoms with van der Waals surface area (Å²) in [5, 5.41) is 0. The molecule has 0 bridgehead atoms. The fraction of sp³-hybridized carbons (Fsp3) is 1.00. The van der Waals surface area contributed by atoms with E-state index in [9.17, 15) is 0 Å². The molecule has 4 heteroatoms. The Hall–Kier alpha value is 0.0499. The monoisotopic (exact) mass is 166 g/mol. The average molecular weight is 166 g/mol. The highest BCUT2D eigenvalue weighted by Crippen LogP contribution is 2.14. The maximum Gasteiger partial charge on any atom is 0.283 e. The quantitative estimate of drug-likeness (QED) is 0.570. The van der Waals surface area contributed by atoms with Gasteiger partial charge in [0.1, 0.15) is 7.85 Å². The molecule has 0 N–H and O–H groups in total. The minimum atomic E-state index is -0.579. The van der Waals surface area contributed by atoms with Gasteiger partial charge in [-0.15, -0.1) is 0 Å². The summed E-state index contributed by atoms with van der Waals surface area (Å²) in [5.41, 5.74) is -0.921. The molecule has 0 rings (SSSR count). The Bertz CT molecular complexity index is 130. The summed E-state index contributed by atoms with van der Waals surface area (Å²) < 4.78 is 10.0. The average Bonchev–Trinajstić information content (AvgIpc) is 1.84. The van der Waals surface area contributed by atoms with Crippen molar-refractivity contribution in [3.05, 3.63) is 0 Å². The highest BCUT2D eigenvalue weighted by Gasteiger charge is 2.17. The zero-order valence-corrected chi connectivity index (χ0v) is 8.39. The van der Waals surface area contributed by atoms with E-state index in [4.69, 9.17) is 25.3 Å². The van der Waals surface area contributed by atoms with E-state index in [1.807, 2.05) is 27.7 Å². The SMILES string of the molecule is [B]OC(C)(C)CCOC([B])(C)C. The largest absolute Gasteiger partial charge is 0.443 e. The van der Waals surface area contributed by atoms with Crippen LogP contribution in [-0.2, 0) is 9.39 Å². The molecule has 0 aliphatic carbocycles. The van der Waals surface area contributed by atoms with E-state index in [0.717, 1.165) is 6.42 Å². The van der Waals surface area contributed by atoms with E-state index in [2.05, 4.69) is 0 Å². The van der Waals surface area contributed by atoms with Gasteiger partial charge in [-0.25, -0.2) is 0 Å². The molecule has 0 aliphatic rings. The molecule has 0 saturated carbocycles. The molecule has 2 nitrogen and oxygen atoms in total. The molecule has 4 radical (unpaired) electrons. The first-order valence-electron chi connectivity index (χ1n) is 4.07. The van der Waals surface area contributed by atoms with E-state index < -0.39 is 5.50 Å². The summed E-state index contributed by atoms with van der Waals surface area (Å²) in [6, 6.07) is 0. The summed E-state index contributed by atoms with van der Waals surface area (Å²) in [4.78, 5) is 0. The van der Waals surface area contributed by atoms with E-state index in [-0.39, 0.29) is 5.60 Å². The topological polar surface area (TPSA) is 18.5 Å². The number of hydrogen-bond acceptors (Lipinski definition) is 2. The van der Waals surface area contributed by atoms with Crippen LogP contribution in [0.1, 0.15) is 34.1 Å². The van der Waals surface area contributed by atoms with Crippen LogP contribution in [0.25, 0.3) is 0 Å². The zero-order chi connectivity index (χ0) is 9.83. The van der Waals surface area contributed by atoms with Crippen LogP contribution in [0, 0.1) is 0 Å². The smallest absolute Gasteiger partial charge is 0.283 e. The van der Waals surface area contributed by atoms with Gasteiger partial charge in [0.25, 0.3) is 8.05 Å². The third-order valence-corrected chi connectivity index (χ3v) is 1.50. The van der Waals surface area contributed by atoms with Crippen LogP contribution in [-0.4, -0.2) is 33.6 Å². The summed E-state index contributed by atoms with van der Waals surface area (Å²) in [6.07, 6.45) is 0.726. The Morgan fingerprint density at radius 3 is 2.00 bits per heavy atom. The summed E-state index contributed by atoms with van der Waals surface area (Å²) in [5.74, 6) is 0. The van der Waals surface area contributed by atoms with Crippen LogP contribution < -0.4 is 0 Å². The molecule has 0 heterocycles. The van der Waals surface area contributed by atoms with Crippen LogP contribution in [0.15, 0.2) is 0 Å². The van der Waals surface area contributed by atoms with Crippen LogP contribution in [0.3, 0.4) is 0 Å². The van der Waals surface area contributed by atoms with Gasteiger partial charge in [0, 0.05) is 17.7 Å². The highest BCUT2D eigenvalue weighted by molar-refractivity contribution is 6.13. The zero-order valence-electron chi connectivity index (χ0n) is 8.39. The second-order valence-corrected chi connectivity index (χ2v) is 4.08. The fourth-order valence-corrected chi connectivity index (χ4v) is 0.619. The maximum atomic E-state index is 5.61. The number of hydrogen-bond donors (Lipinski definition) is 0. The predicted octanol–water partition coefficient (Wildman–Crippen LogP) is 1.18. The first kappa shape index (κ1) is 12.0. The molecule has 0 amide bonds. The molecular weight excluding hydrogens is 150 g/mol. The third kappa shape index (κ3) is 6.74. The van der Waals surface area contributed by atoms with Gasteiger partial charge in [0.15, 0.2) is 0 Å². The van der Waals surface area contributed by atoms with Crippen LogP contribution in [0.2, 0.25) is 0 Å². The van der Waals surface area contributed by atoms with Gasteiger partial charge >= 0.3 is 0 Å². The fourth-order valence-electron chi connectivity index (χ4n) is 0.619. The molecule has 66 valence electrons. The van der Waals surface area contributed by atoms with Crippen LogP contribution in [0.5, 0.6) is 0 Å². The molecule has 0 unspecified atom stereocenters. The lowest BCUT2D eigenvalue weighted by molar-refractivity contribution is 0.00676. The third-order valence-electron chi connectivity index (χ3n) is 1.50. The Morgan fingerprint density at radius 2 is 1.67 bits per heavy atom. The molecule has 0 spiro atoms. The van der Waals surface area contributed by atoms with E-state index >= 15 is 0 Å². The first-order valence-corrected chi connectivity index (χ1v) is 4.07. The molecule has 0 aromatic heterocycles. The van der Waals surface area contributed by atoms with Crippen molar-refractivity contribution < 1.29 is 9.39 Å². The maximum absolute atomic E-state index is 5.61. The highest BCUT2D eigenvalue weighted by atomic mass is 16.5. The molecule has 0 fully saturated rings. The Kier molecular flexibility index (Phi) is 4.35. The van der Waals surface area contributed by atoms with Crippen molar-refractivity contribution in [1.82, 2.24) is 0 Å². The summed E-state index contributed by atoms with van der Waals surface area (Å²) in [7, 11) is 10.7. The lowest BCUT2D eigenvalue weighted by Gasteiger charge is -2.27. The normalized spacial score (nSPS) is 13.3. The Labute approximate surface area is 77.9 Å². The summed E-state index contributed by atoms with van der Waals surface area (Å²) >= 11 is 0. The number of ether oxygens (including phenoxy) is 1. The van der Waals surface area contributed by atoms with Gasteiger partial charge in [-0.2, -0.15) is 0 Å². The minimum Gasteiger partial charge on any atom is -0.443 e. The molecule has 0 saturated heterocycles. The summed E-state index contributed by atoms with van der Waals surface area (Å²) in [6.45, 7) is 7.97. The van der Waals surface area contributed by atoms with Crippen molar-refractivity contribution in [2.45, 2.75) is 45.2 Å². The Balaban J connectivity index is 3.57. The van der Waals surface area contributed by atoms with Crippen molar-refractivity contribution in [3.8, 4) is 0 Å². The Morgan fingerprint density at radius 1 is 1.17 bits per heavy atom. The molecule has 0 aromatic rings. The van der Waals surface area contributed by atoms with Crippen molar-refractivity contribution in [1.29, 1.82) is 0 Å². The van der Waals surface area contributed by atoms with Crippen molar-refractivity contribution >= 4 is 15.9 Å². The van der Waals surface area contributed by atoms with E-state index in [0.29, 0.717) is 6.61 Å². The second kappa shape index (κ2) is 4.33. The van der Waals surface area contributed by atoms with Gasteiger partial charge in [-0.3, -0.25) is 0 Å². The van der Waals surface area contributed by atoms with Crippen molar-refractivity contribution in [2.75, 3.05) is 6.61 Å². The lowest BCUT2D eigenvalue weighted by Crippen LogP contribution is -2.30. The first-order chi connectivity index (χ1) is 5.27. The van der Waals surface area contributed by atoms with Gasteiger partial charge in [-0.05, 0) is 34.1 Å². The van der Waals surface area contributed by atoms with Crippen LogP contribution >= 0.6 is 0 Å². The van der Waals surface area contributed by atoms with E-state index in [1.165, 1.54) is 0 Å². The molecule has 0 aliphatic heterocycles. The van der Waals surface area contributed by atoms with E-state index in [1.54, 1.807) is 0 Å². The second-order valence-electron chi connectivity index (χ2n) is 4.08. The predicted molar refractivity (Wildman–Crippen MR) is 51.3 cm³/mol. The van der Waals surface area contributed by atoms with Crippen molar-refractivity contribution in [3.63, 3.8) is 0 Å². The van der Waals surface area contributed by atoms with Crippen LogP contribution in [0.4, 0.5) is 0 Å². The lowest BCUT2D eigenvalue weighted by atomic mass is 9.86. The molecule has 12 heavy (non-hydrogen) atoms. The molecule has 0 atom stereocenters. The van der Waals surface area contributed by atoms with Crippen molar-refractivity contribution in [2.24, 2.45) is 0 Å². The van der Waals surface area contributed by atoms with Gasteiger partial charge in [0.2, 0.25) is 0 Å². The number of rotatable bonds is 5. The van der Waals surface area contributed by atoms with Gasteiger partial charge in [-0.1, -0.05) is 0 Å². The van der Waals surface area contributed by atoms with Gasteiger partial charge < -0.3 is 9.39 Å². The molecular formula is C8H16B2O2. The molecule has 0 aromatic carbocycles. The minimum absolute atomic E-state index is 0.342. The van der Waals surface area contributed by atoms with Gasteiger partial charge in [0.05, 0.1) is 0 Å².